The van der Waals surface area contributed by atoms with E-state index in [1.165, 1.54) is 11.3 Å². The van der Waals surface area contributed by atoms with Gasteiger partial charge in [0, 0.05) is 20.2 Å². The van der Waals surface area contributed by atoms with Crippen LogP contribution in [0.15, 0.2) is 20.1 Å². The first kappa shape index (κ1) is 13.5. The lowest BCUT2D eigenvalue weighted by Gasteiger charge is -2.15. The zero-order valence-electron chi connectivity index (χ0n) is 9.43. The largest absolute Gasteiger partial charge is 0.384 e. The zero-order valence-corrected chi connectivity index (χ0v) is 12.6. The molecule has 1 saturated heterocycles. The van der Waals surface area contributed by atoms with Crippen LogP contribution < -0.4 is 0 Å². The summed E-state index contributed by atoms with van der Waals surface area (Å²) in [6, 6.07) is 3.41. The first-order valence-electron chi connectivity index (χ1n) is 5.28. The van der Waals surface area contributed by atoms with Crippen LogP contribution in [0.1, 0.15) is 6.42 Å². The minimum atomic E-state index is -3.30. The Morgan fingerprint density at radius 2 is 2.35 bits per heavy atom. The Hall–Kier alpha value is 0.0500. The number of rotatable bonds is 4. The van der Waals surface area contributed by atoms with Crippen molar-refractivity contribution >= 4 is 37.3 Å². The van der Waals surface area contributed by atoms with Crippen molar-refractivity contribution in [3.63, 3.8) is 0 Å². The molecule has 1 aliphatic heterocycles. The molecule has 0 N–H and O–H groups in total. The van der Waals surface area contributed by atoms with Crippen LogP contribution >= 0.6 is 27.3 Å². The molecule has 1 fully saturated rings. The van der Waals surface area contributed by atoms with E-state index >= 15 is 0 Å². The highest BCUT2D eigenvalue weighted by Gasteiger charge is 2.33. The third kappa shape index (κ3) is 2.90. The van der Waals surface area contributed by atoms with Crippen molar-refractivity contribution in [2.24, 2.45) is 5.92 Å². The molecule has 1 aromatic heterocycles. The molecule has 1 unspecified atom stereocenters. The van der Waals surface area contributed by atoms with Gasteiger partial charge in [0.25, 0.3) is 10.0 Å². The molecule has 4 nitrogen and oxygen atoms in total. The molecular weight excluding hydrogens is 326 g/mol. The van der Waals surface area contributed by atoms with Crippen LogP contribution in [0, 0.1) is 5.92 Å². The minimum Gasteiger partial charge on any atom is -0.384 e. The summed E-state index contributed by atoms with van der Waals surface area (Å²) in [5.74, 6) is 0.318. The van der Waals surface area contributed by atoms with Crippen molar-refractivity contribution in [1.29, 1.82) is 0 Å². The topological polar surface area (TPSA) is 46.6 Å². The Labute approximate surface area is 114 Å². The van der Waals surface area contributed by atoms with E-state index in [4.69, 9.17) is 4.74 Å². The fraction of sp³-hybridized carbons (Fsp3) is 0.600. The number of sulfonamides is 1. The van der Waals surface area contributed by atoms with Gasteiger partial charge in [0.05, 0.1) is 10.4 Å². The smallest absolute Gasteiger partial charge is 0.252 e. The molecule has 96 valence electrons. The summed E-state index contributed by atoms with van der Waals surface area (Å²) in [5.41, 5.74) is 0. The van der Waals surface area contributed by atoms with E-state index in [0.29, 0.717) is 29.8 Å². The van der Waals surface area contributed by atoms with E-state index in [1.807, 2.05) is 0 Å². The molecule has 0 bridgehead atoms. The number of ether oxygens (including phenoxy) is 1. The quantitative estimate of drug-likeness (QED) is 0.844. The number of nitrogens with zero attached hydrogens (tertiary/aromatic N) is 1. The molecule has 2 rings (SSSR count). The fourth-order valence-electron chi connectivity index (χ4n) is 1.95. The molecule has 0 amide bonds. The van der Waals surface area contributed by atoms with E-state index in [2.05, 4.69) is 15.9 Å². The average Bonchev–Trinajstić information content (AvgIpc) is 2.88. The summed E-state index contributed by atoms with van der Waals surface area (Å²) in [6.07, 6.45) is 0.875. The number of hydrogen-bond donors (Lipinski definition) is 0. The standard InChI is InChI=1S/C10H14BrNO3S2/c1-15-7-8-4-5-12(6-8)17(13,14)10-3-2-9(11)16-10/h2-3,8H,4-7H2,1H3. The van der Waals surface area contributed by atoms with E-state index in [1.54, 1.807) is 23.5 Å². The summed E-state index contributed by atoms with van der Waals surface area (Å²) in [7, 11) is -1.66. The third-order valence-electron chi connectivity index (χ3n) is 2.79. The van der Waals surface area contributed by atoms with Gasteiger partial charge in [-0.15, -0.1) is 11.3 Å². The molecule has 0 spiro atoms. The second-order valence-electron chi connectivity index (χ2n) is 4.03. The Balaban J connectivity index is 2.13. The van der Waals surface area contributed by atoms with Crippen molar-refractivity contribution < 1.29 is 13.2 Å². The van der Waals surface area contributed by atoms with E-state index < -0.39 is 10.0 Å². The SMILES string of the molecule is COCC1CCN(S(=O)(=O)c2ccc(Br)s2)C1. The predicted octanol–water partition coefficient (Wildman–Crippen LogP) is 2.17. The molecule has 1 aromatic rings. The van der Waals surface area contributed by atoms with Gasteiger partial charge in [0.2, 0.25) is 0 Å². The van der Waals surface area contributed by atoms with Gasteiger partial charge >= 0.3 is 0 Å². The summed E-state index contributed by atoms with van der Waals surface area (Å²) in [4.78, 5) is 0. The Morgan fingerprint density at radius 1 is 1.59 bits per heavy atom. The molecule has 0 radical (unpaired) electrons. The van der Waals surface area contributed by atoms with Crippen molar-refractivity contribution in [2.45, 2.75) is 10.6 Å². The van der Waals surface area contributed by atoms with Gasteiger partial charge in [-0.25, -0.2) is 8.42 Å². The molecule has 0 aliphatic carbocycles. The molecule has 0 aromatic carbocycles. The summed E-state index contributed by atoms with van der Waals surface area (Å²) in [5, 5.41) is 0. The first-order valence-corrected chi connectivity index (χ1v) is 8.33. The van der Waals surface area contributed by atoms with Gasteiger partial charge in [0.15, 0.2) is 0 Å². The van der Waals surface area contributed by atoms with Crippen LogP contribution in [-0.2, 0) is 14.8 Å². The van der Waals surface area contributed by atoms with Crippen LogP contribution in [0.25, 0.3) is 0 Å². The summed E-state index contributed by atoms with van der Waals surface area (Å²) in [6.45, 7) is 1.78. The van der Waals surface area contributed by atoms with Gasteiger partial charge in [-0.05, 0) is 40.4 Å². The van der Waals surface area contributed by atoms with Crippen LogP contribution in [0.3, 0.4) is 0 Å². The predicted molar refractivity (Wildman–Crippen MR) is 70.8 cm³/mol. The lowest BCUT2D eigenvalue weighted by Crippen LogP contribution is -2.28. The lowest BCUT2D eigenvalue weighted by molar-refractivity contribution is 0.157. The summed E-state index contributed by atoms with van der Waals surface area (Å²) >= 11 is 4.54. The van der Waals surface area contributed by atoms with Crippen LogP contribution in [0.2, 0.25) is 0 Å². The number of halogens is 1. The molecule has 1 atom stereocenters. The maximum atomic E-state index is 12.3. The van der Waals surface area contributed by atoms with Crippen molar-refractivity contribution in [3.8, 4) is 0 Å². The molecule has 0 saturated carbocycles. The highest BCUT2D eigenvalue weighted by molar-refractivity contribution is 9.11. The summed E-state index contributed by atoms with van der Waals surface area (Å²) < 4.78 is 32.4. The minimum absolute atomic E-state index is 0.318. The maximum Gasteiger partial charge on any atom is 0.252 e. The fourth-order valence-corrected chi connectivity index (χ4v) is 5.65. The number of thiophene rings is 1. The van der Waals surface area contributed by atoms with Gasteiger partial charge in [-0.1, -0.05) is 0 Å². The Morgan fingerprint density at radius 3 is 2.94 bits per heavy atom. The molecule has 17 heavy (non-hydrogen) atoms. The van der Waals surface area contributed by atoms with Gasteiger partial charge in [-0.3, -0.25) is 0 Å². The van der Waals surface area contributed by atoms with Crippen LogP contribution in [0.4, 0.5) is 0 Å². The monoisotopic (exact) mass is 339 g/mol. The van der Waals surface area contributed by atoms with Gasteiger partial charge in [0.1, 0.15) is 4.21 Å². The number of methoxy groups -OCH3 is 1. The Bertz CT molecular complexity index is 485. The van der Waals surface area contributed by atoms with Crippen LogP contribution in [0.5, 0.6) is 0 Å². The highest BCUT2D eigenvalue weighted by atomic mass is 79.9. The first-order chi connectivity index (χ1) is 8.04. The Kier molecular flexibility index (Phi) is 4.25. The maximum absolute atomic E-state index is 12.3. The normalized spacial score (nSPS) is 22.1. The van der Waals surface area contributed by atoms with Gasteiger partial charge < -0.3 is 4.74 Å². The van der Waals surface area contributed by atoms with E-state index in [-0.39, 0.29) is 0 Å². The second kappa shape index (κ2) is 5.36. The van der Waals surface area contributed by atoms with Crippen LogP contribution in [-0.4, -0.2) is 39.5 Å². The van der Waals surface area contributed by atoms with Crippen molar-refractivity contribution in [2.75, 3.05) is 26.8 Å². The molecule has 2 heterocycles. The molecule has 7 heteroatoms. The van der Waals surface area contributed by atoms with E-state index in [9.17, 15) is 8.42 Å². The lowest BCUT2D eigenvalue weighted by atomic mass is 10.1. The molecule has 1 aliphatic rings. The number of hydrogen-bond acceptors (Lipinski definition) is 4. The molecular formula is C10H14BrNO3S2. The third-order valence-corrected chi connectivity index (χ3v) is 6.75. The van der Waals surface area contributed by atoms with Crippen molar-refractivity contribution in [3.05, 3.63) is 15.9 Å². The highest BCUT2D eigenvalue weighted by Crippen LogP contribution is 2.31. The van der Waals surface area contributed by atoms with Gasteiger partial charge in [-0.2, -0.15) is 4.31 Å². The average molecular weight is 340 g/mol. The zero-order chi connectivity index (χ0) is 12.5. The van der Waals surface area contributed by atoms with E-state index in [0.717, 1.165) is 10.2 Å². The van der Waals surface area contributed by atoms with Crippen molar-refractivity contribution in [1.82, 2.24) is 4.31 Å². The second-order valence-corrected chi connectivity index (χ2v) is 8.66.